The minimum atomic E-state index is -0.593. The summed E-state index contributed by atoms with van der Waals surface area (Å²) in [4.78, 5) is 26.3. The van der Waals surface area contributed by atoms with Gasteiger partial charge < -0.3 is 9.15 Å². The van der Waals surface area contributed by atoms with E-state index in [4.69, 9.17) is 9.15 Å². The van der Waals surface area contributed by atoms with Gasteiger partial charge in [0.1, 0.15) is 5.58 Å². The average molecular weight is 510 g/mol. The molecule has 0 saturated heterocycles. The van der Waals surface area contributed by atoms with Crippen molar-refractivity contribution in [2.24, 2.45) is 0 Å². The lowest BCUT2D eigenvalue weighted by Gasteiger charge is -2.13. The van der Waals surface area contributed by atoms with Crippen LogP contribution < -0.4 is 10.2 Å². The van der Waals surface area contributed by atoms with Crippen LogP contribution in [0.5, 0.6) is 5.75 Å². The predicted molar refractivity (Wildman–Crippen MR) is 126 cm³/mol. The SMILES string of the molecule is Cc1ccc(-c2oc3c(C)cc(C)cc3c(=O)c2OC(=O)c2ccccc2I)cc1. The number of hydrogen-bond acceptors (Lipinski definition) is 4. The van der Waals surface area contributed by atoms with E-state index in [1.165, 1.54) is 0 Å². The number of fused-ring (bicyclic) bond motifs is 1. The molecule has 4 nitrogen and oxygen atoms in total. The number of benzene rings is 3. The topological polar surface area (TPSA) is 56.5 Å². The van der Waals surface area contributed by atoms with E-state index in [-0.39, 0.29) is 16.9 Å². The second-order valence-corrected chi connectivity index (χ2v) is 8.45. The molecule has 0 spiro atoms. The van der Waals surface area contributed by atoms with Gasteiger partial charge in [0.05, 0.1) is 10.9 Å². The number of carbonyl (C=O) groups excluding carboxylic acids is 1. The van der Waals surface area contributed by atoms with E-state index in [1.54, 1.807) is 18.2 Å². The van der Waals surface area contributed by atoms with E-state index in [0.717, 1.165) is 20.3 Å². The minimum absolute atomic E-state index is 0.0963. The molecule has 0 unspecified atom stereocenters. The highest BCUT2D eigenvalue weighted by atomic mass is 127. The molecule has 150 valence electrons. The number of ether oxygens (including phenoxy) is 1. The fraction of sp³-hybridized carbons (Fsp3) is 0.120. The standard InChI is InChI=1S/C25H19IO4/c1-14-8-10-17(11-9-14)23-24(30-25(28)18-6-4-5-7-20(18)26)21(27)19-13-15(2)12-16(3)22(19)29-23/h4-13H,1-3H3. The van der Waals surface area contributed by atoms with Crippen LogP contribution in [0.2, 0.25) is 0 Å². The number of esters is 1. The molecule has 5 heteroatoms. The van der Waals surface area contributed by atoms with Crippen LogP contribution in [-0.2, 0) is 0 Å². The number of halogens is 1. The van der Waals surface area contributed by atoms with Crippen LogP contribution in [0.15, 0.2) is 69.9 Å². The van der Waals surface area contributed by atoms with Gasteiger partial charge in [-0.05, 0) is 72.7 Å². The molecule has 4 rings (SSSR count). The third-order valence-electron chi connectivity index (χ3n) is 4.88. The number of rotatable bonds is 3. The smallest absolute Gasteiger partial charge is 0.344 e. The largest absolute Gasteiger partial charge is 0.452 e. The fourth-order valence-electron chi connectivity index (χ4n) is 3.39. The number of hydrogen-bond donors (Lipinski definition) is 0. The van der Waals surface area contributed by atoms with E-state index in [0.29, 0.717) is 22.1 Å². The molecule has 3 aromatic carbocycles. The molecular weight excluding hydrogens is 491 g/mol. The summed E-state index contributed by atoms with van der Waals surface area (Å²) in [6.45, 7) is 5.79. The summed E-state index contributed by atoms with van der Waals surface area (Å²) in [7, 11) is 0. The van der Waals surface area contributed by atoms with Crippen LogP contribution in [0.1, 0.15) is 27.0 Å². The zero-order chi connectivity index (χ0) is 21.4. The van der Waals surface area contributed by atoms with Gasteiger partial charge >= 0.3 is 5.97 Å². The molecule has 30 heavy (non-hydrogen) atoms. The average Bonchev–Trinajstić information content (AvgIpc) is 2.71. The Morgan fingerprint density at radius 2 is 1.63 bits per heavy atom. The van der Waals surface area contributed by atoms with Crippen LogP contribution in [0.3, 0.4) is 0 Å². The van der Waals surface area contributed by atoms with Crippen molar-refractivity contribution in [2.45, 2.75) is 20.8 Å². The highest BCUT2D eigenvalue weighted by molar-refractivity contribution is 14.1. The van der Waals surface area contributed by atoms with Gasteiger partial charge in [0.2, 0.25) is 11.2 Å². The molecule has 0 atom stereocenters. The third-order valence-corrected chi connectivity index (χ3v) is 5.82. The molecular formula is C25H19IO4. The van der Waals surface area contributed by atoms with E-state index in [9.17, 15) is 9.59 Å². The lowest BCUT2D eigenvalue weighted by Crippen LogP contribution is -2.17. The Morgan fingerprint density at radius 1 is 0.933 bits per heavy atom. The maximum atomic E-state index is 13.4. The van der Waals surface area contributed by atoms with Crippen LogP contribution >= 0.6 is 22.6 Å². The van der Waals surface area contributed by atoms with Gasteiger partial charge in [-0.3, -0.25) is 4.79 Å². The van der Waals surface area contributed by atoms with Gasteiger partial charge in [0.25, 0.3) is 0 Å². The van der Waals surface area contributed by atoms with Gasteiger partial charge in [0.15, 0.2) is 5.76 Å². The van der Waals surface area contributed by atoms with Crippen molar-refractivity contribution < 1.29 is 13.9 Å². The molecule has 0 N–H and O–H groups in total. The molecule has 0 bridgehead atoms. The number of carbonyl (C=O) groups is 1. The van der Waals surface area contributed by atoms with E-state index in [1.807, 2.05) is 63.2 Å². The first-order valence-electron chi connectivity index (χ1n) is 9.47. The molecule has 0 amide bonds. The first-order valence-corrected chi connectivity index (χ1v) is 10.5. The van der Waals surface area contributed by atoms with Crippen molar-refractivity contribution in [3.05, 3.63) is 96.7 Å². The highest BCUT2D eigenvalue weighted by Gasteiger charge is 2.23. The van der Waals surface area contributed by atoms with Gasteiger partial charge in [-0.2, -0.15) is 0 Å². The third kappa shape index (κ3) is 3.77. The molecule has 0 fully saturated rings. The Balaban J connectivity index is 1.96. The second kappa shape index (κ2) is 8.07. The molecule has 4 aromatic rings. The molecule has 0 aliphatic carbocycles. The second-order valence-electron chi connectivity index (χ2n) is 7.28. The summed E-state index contributed by atoms with van der Waals surface area (Å²) in [6.07, 6.45) is 0. The Kier molecular flexibility index (Phi) is 5.47. The Bertz CT molecular complexity index is 1330. The van der Waals surface area contributed by atoms with E-state index in [2.05, 4.69) is 22.6 Å². The van der Waals surface area contributed by atoms with Gasteiger partial charge in [-0.1, -0.05) is 48.0 Å². The van der Waals surface area contributed by atoms with Crippen molar-refractivity contribution in [1.82, 2.24) is 0 Å². The predicted octanol–water partition coefficient (Wildman–Crippen LogP) is 6.21. The van der Waals surface area contributed by atoms with E-state index < -0.39 is 5.97 Å². The zero-order valence-electron chi connectivity index (χ0n) is 16.8. The lowest BCUT2D eigenvalue weighted by atomic mass is 10.0. The molecule has 0 saturated carbocycles. The van der Waals surface area contributed by atoms with Crippen molar-refractivity contribution >= 4 is 39.5 Å². The summed E-state index contributed by atoms with van der Waals surface area (Å²) in [5, 5.41) is 0.397. The number of aryl methyl sites for hydroxylation is 3. The Morgan fingerprint density at radius 3 is 2.33 bits per heavy atom. The van der Waals surface area contributed by atoms with Crippen LogP contribution in [0, 0.1) is 24.3 Å². The summed E-state index contributed by atoms with van der Waals surface area (Å²) < 4.78 is 12.6. The van der Waals surface area contributed by atoms with Crippen LogP contribution in [0.4, 0.5) is 0 Å². The van der Waals surface area contributed by atoms with E-state index >= 15 is 0 Å². The molecule has 0 radical (unpaired) electrons. The molecule has 1 heterocycles. The zero-order valence-corrected chi connectivity index (χ0v) is 18.9. The van der Waals surface area contributed by atoms with Gasteiger partial charge in [0, 0.05) is 9.13 Å². The lowest BCUT2D eigenvalue weighted by molar-refractivity contribution is 0.0730. The maximum absolute atomic E-state index is 13.4. The Labute approximate surface area is 187 Å². The van der Waals surface area contributed by atoms with Gasteiger partial charge in [-0.15, -0.1) is 0 Å². The van der Waals surface area contributed by atoms with Gasteiger partial charge in [-0.25, -0.2) is 4.79 Å². The highest BCUT2D eigenvalue weighted by Crippen LogP contribution is 2.33. The summed E-state index contributed by atoms with van der Waals surface area (Å²) >= 11 is 2.07. The summed E-state index contributed by atoms with van der Waals surface area (Å²) in [5.41, 5.74) is 4.06. The van der Waals surface area contributed by atoms with Crippen molar-refractivity contribution in [3.8, 4) is 17.1 Å². The first-order chi connectivity index (χ1) is 14.3. The van der Waals surface area contributed by atoms with Crippen molar-refractivity contribution in [2.75, 3.05) is 0 Å². The maximum Gasteiger partial charge on any atom is 0.344 e. The van der Waals surface area contributed by atoms with Crippen molar-refractivity contribution in [3.63, 3.8) is 0 Å². The molecule has 0 aliphatic heterocycles. The minimum Gasteiger partial charge on any atom is -0.452 e. The summed E-state index contributed by atoms with van der Waals surface area (Å²) in [6, 6.07) is 18.4. The summed E-state index contributed by atoms with van der Waals surface area (Å²) in [5.74, 6) is -0.441. The fourth-order valence-corrected chi connectivity index (χ4v) is 4.00. The first kappa shape index (κ1) is 20.3. The quantitative estimate of drug-likeness (QED) is 0.243. The van der Waals surface area contributed by atoms with Crippen LogP contribution in [-0.4, -0.2) is 5.97 Å². The molecule has 0 aliphatic rings. The van der Waals surface area contributed by atoms with Crippen LogP contribution in [0.25, 0.3) is 22.3 Å². The normalized spacial score (nSPS) is 10.9. The van der Waals surface area contributed by atoms with Crippen molar-refractivity contribution in [1.29, 1.82) is 0 Å². The Hall–Kier alpha value is -2.93. The molecule has 1 aromatic heterocycles. The monoisotopic (exact) mass is 510 g/mol.